The number of carbonyl (C=O) groups is 2. The Hall–Kier alpha value is -5.03. The van der Waals surface area contributed by atoms with Crippen molar-refractivity contribution in [3.63, 3.8) is 0 Å². The summed E-state index contributed by atoms with van der Waals surface area (Å²) in [4.78, 5) is 43.7. The number of benzene rings is 3. The zero-order chi connectivity index (χ0) is 32.1. The molecule has 11 heteroatoms. The second-order valence-electron chi connectivity index (χ2n) is 9.97. The maximum absolute atomic E-state index is 13.8. The highest BCUT2D eigenvalue weighted by Crippen LogP contribution is 2.31. The zero-order valence-corrected chi connectivity index (χ0v) is 26.0. The van der Waals surface area contributed by atoms with Gasteiger partial charge in [0.15, 0.2) is 16.3 Å². The molecule has 1 aromatic heterocycles. The summed E-state index contributed by atoms with van der Waals surface area (Å²) >= 11 is 1.18. The molecule has 0 fully saturated rings. The van der Waals surface area contributed by atoms with Crippen LogP contribution < -0.4 is 24.4 Å². The van der Waals surface area contributed by atoms with E-state index in [1.54, 1.807) is 81.4 Å². The number of ether oxygens (including phenoxy) is 4. The maximum atomic E-state index is 13.8. The van der Waals surface area contributed by atoms with E-state index in [2.05, 4.69) is 4.99 Å². The average molecular weight is 631 g/mol. The van der Waals surface area contributed by atoms with Gasteiger partial charge in [-0.1, -0.05) is 41.7 Å². The van der Waals surface area contributed by atoms with Crippen LogP contribution >= 0.6 is 11.3 Å². The molecule has 0 saturated heterocycles. The van der Waals surface area contributed by atoms with E-state index in [0.29, 0.717) is 49.8 Å². The predicted molar refractivity (Wildman–Crippen MR) is 167 cm³/mol. The molecule has 9 nitrogen and oxygen atoms in total. The van der Waals surface area contributed by atoms with Crippen LogP contribution in [0.3, 0.4) is 0 Å². The van der Waals surface area contributed by atoms with E-state index in [4.69, 9.17) is 18.9 Å². The first-order chi connectivity index (χ1) is 21.7. The van der Waals surface area contributed by atoms with Gasteiger partial charge >= 0.3 is 11.9 Å². The number of hydrogen-bond donors (Lipinski definition) is 0. The minimum atomic E-state index is -0.834. The molecule has 232 valence electrons. The highest BCUT2D eigenvalue weighted by atomic mass is 32.1. The molecule has 0 saturated carbocycles. The predicted octanol–water partition coefficient (Wildman–Crippen LogP) is 4.70. The van der Waals surface area contributed by atoms with Gasteiger partial charge in [0.25, 0.3) is 5.56 Å². The van der Waals surface area contributed by atoms with Crippen molar-refractivity contribution < 1.29 is 32.9 Å². The van der Waals surface area contributed by atoms with Crippen LogP contribution in [0.1, 0.15) is 53.9 Å². The van der Waals surface area contributed by atoms with Crippen LogP contribution in [0.25, 0.3) is 6.08 Å². The molecule has 0 N–H and O–H groups in total. The minimum absolute atomic E-state index is 0.152. The van der Waals surface area contributed by atoms with Crippen molar-refractivity contribution in [2.75, 3.05) is 20.3 Å². The first-order valence-corrected chi connectivity index (χ1v) is 15.1. The number of nitrogens with zero attached hydrogens (tertiary/aromatic N) is 2. The number of rotatable bonds is 10. The summed E-state index contributed by atoms with van der Waals surface area (Å²) in [5.74, 6) is -0.438. The van der Waals surface area contributed by atoms with Gasteiger partial charge in [0, 0.05) is 0 Å². The first-order valence-electron chi connectivity index (χ1n) is 14.3. The number of hydrogen-bond acceptors (Lipinski definition) is 9. The largest absolute Gasteiger partial charge is 0.493 e. The fourth-order valence-electron chi connectivity index (χ4n) is 4.91. The first kappa shape index (κ1) is 31.4. The maximum Gasteiger partial charge on any atom is 0.338 e. The number of carbonyl (C=O) groups excluding carboxylic acids is 2. The fraction of sp³-hybridized carbons (Fsp3) is 0.235. The molecular formula is C34H31FN2O7S. The summed E-state index contributed by atoms with van der Waals surface area (Å²) < 4.78 is 37.5. The lowest BCUT2D eigenvalue weighted by Gasteiger charge is -2.24. The quantitative estimate of drug-likeness (QED) is 0.234. The number of esters is 2. The topological polar surface area (TPSA) is 105 Å². The van der Waals surface area contributed by atoms with E-state index >= 15 is 0 Å². The van der Waals surface area contributed by atoms with Gasteiger partial charge in [-0.2, -0.15) is 0 Å². The molecule has 45 heavy (non-hydrogen) atoms. The van der Waals surface area contributed by atoms with Gasteiger partial charge in [-0.25, -0.2) is 19.0 Å². The van der Waals surface area contributed by atoms with Gasteiger partial charge < -0.3 is 18.9 Å². The third kappa shape index (κ3) is 6.73. The Labute approximate surface area is 262 Å². The molecule has 1 atom stereocenters. The van der Waals surface area contributed by atoms with E-state index in [1.807, 2.05) is 0 Å². The molecule has 4 aromatic rings. The van der Waals surface area contributed by atoms with Crippen LogP contribution in [0.15, 0.2) is 87.8 Å². The highest BCUT2D eigenvalue weighted by molar-refractivity contribution is 7.07. The summed E-state index contributed by atoms with van der Waals surface area (Å²) in [6.45, 7) is 5.84. The van der Waals surface area contributed by atoms with E-state index in [1.165, 1.54) is 35.1 Å². The van der Waals surface area contributed by atoms with Crippen molar-refractivity contribution in [2.24, 2.45) is 4.99 Å². The molecule has 1 aliphatic heterocycles. The molecule has 1 aliphatic rings. The normalized spacial score (nSPS) is 14.4. The molecule has 2 heterocycles. The Balaban J connectivity index is 1.45. The smallest absolute Gasteiger partial charge is 0.338 e. The van der Waals surface area contributed by atoms with Crippen LogP contribution in [0.4, 0.5) is 4.39 Å². The number of halogens is 1. The number of methoxy groups -OCH3 is 1. The molecule has 0 bridgehead atoms. The van der Waals surface area contributed by atoms with Crippen molar-refractivity contribution in [3.05, 3.63) is 126 Å². The lowest BCUT2D eigenvalue weighted by molar-refractivity contribution is -0.139. The summed E-state index contributed by atoms with van der Waals surface area (Å²) in [7, 11) is 1.52. The highest BCUT2D eigenvalue weighted by Gasteiger charge is 2.33. The Morgan fingerprint density at radius 3 is 2.31 bits per heavy atom. The van der Waals surface area contributed by atoms with Crippen LogP contribution in [-0.4, -0.2) is 36.8 Å². The molecule has 0 aliphatic carbocycles. The van der Waals surface area contributed by atoms with Gasteiger partial charge in [-0.3, -0.25) is 9.36 Å². The fourth-order valence-corrected chi connectivity index (χ4v) is 5.96. The number of aromatic nitrogens is 1. The zero-order valence-electron chi connectivity index (χ0n) is 25.2. The molecule has 0 spiro atoms. The second-order valence-corrected chi connectivity index (χ2v) is 11.0. The summed E-state index contributed by atoms with van der Waals surface area (Å²) in [5, 5.41) is 0. The van der Waals surface area contributed by atoms with Crippen molar-refractivity contribution in [1.82, 2.24) is 4.57 Å². The summed E-state index contributed by atoms with van der Waals surface area (Å²) in [6.07, 6.45) is 1.72. The van der Waals surface area contributed by atoms with Gasteiger partial charge in [0.2, 0.25) is 0 Å². The average Bonchev–Trinajstić information content (AvgIpc) is 3.34. The monoisotopic (exact) mass is 630 g/mol. The van der Waals surface area contributed by atoms with Gasteiger partial charge in [-0.05, 0) is 79.9 Å². The van der Waals surface area contributed by atoms with E-state index in [-0.39, 0.29) is 30.3 Å². The third-order valence-corrected chi connectivity index (χ3v) is 8.03. The van der Waals surface area contributed by atoms with Crippen LogP contribution in [0.2, 0.25) is 0 Å². The Morgan fingerprint density at radius 1 is 0.956 bits per heavy atom. The van der Waals surface area contributed by atoms with Crippen LogP contribution in [0.5, 0.6) is 11.5 Å². The molecule has 5 rings (SSSR count). The van der Waals surface area contributed by atoms with Crippen molar-refractivity contribution in [1.29, 1.82) is 0 Å². The van der Waals surface area contributed by atoms with Gasteiger partial charge in [0.05, 0.1) is 47.7 Å². The molecular weight excluding hydrogens is 599 g/mol. The number of fused-ring (bicyclic) bond motifs is 1. The molecule has 3 aromatic carbocycles. The lowest BCUT2D eigenvalue weighted by atomic mass is 9.96. The molecule has 0 amide bonds. The lowest BCUT2D eigenvalue weighted by Crippen LogP contribution is -2.39. The van der Waals surface area contributed by atoms with Gasteiger partial charge in [-0.15, -0.1) is 0 Å². The van der Waals surface area contributed by atoms with E-state index < -0.39 is 17.8 Å². The minimum Gasteiger partial charge on any atom is -0.493 e. The summed E-state index contributed by atoms with van der Waals surface area (Å²) in [5.41, 5.74) is 2.85. The number of allylic oxidation sites excluding steroid dienone is 1. The molecule has 0 unspecified atom stereocenters. The van der Waals surface area contributed by atoms with E-state index in [0.717, 1.165) is 5.56 Å². The Kier molecular flexibility index (Phi) is 9.58. The van der Waals surface area contributed by atoms with Crippen LogP contribution in [0, 0.1) is 5.82 Å². The number of thiazole rings is 1. The summed E-state index contributed by atoms with van der Waals surface area (Å²) in [6, 6.07) is 17.1. The van der Waals surface area contributed by atoms with Crippen molar-refractivity contribution in [3.8, 4) is 11.5 Å². The molecule has 0 radical (unpaired) electrons. The van der Waals surface area contributed by atoms with Crippen molar-refractivity contribution >= 4 is 29.4 Å². The van der Waals surface area contributed by atoms with Gasteiger partial charge in [0.1, 0.15) is 12.4 Å². The van der Waals surface area contributed by atoms with E-state index in [9.17, 15) is 18.8 Å². The SMILES string of the molecule is CCOC(=O)C1=C(C)N=c2s/c(=C\c3ccc(OCc4ccc(C(=O)OCC)cc4)c(OC)c3)c(=O)n2[C@H]1c1ccc(F)cc1. The third-order valence-electron chi connectivity index (χ3n) is 7.05. The Morgan fingerprint density at radius 2 is 1.64 bits per heavy atom. The standard InChI is InChI=1S/C34H31FN2O7S/c1-5-42-32(39)24-10-7-21(8-11-24)19-44-26-16-9-22(17-27(26)41-4)18-28-31(38)37-30(23-12-14-25(35)15-13-23)29(33(40)43-6-2)20(3)36-34(37)45-28/h7-18,30H,5-6,19H2,1-4H3/b28-18-/t30-/m0/s1. The second kappa shape index (κ2) is 13.7. The Bertz CT molecular complexity index is 1940. The van der Waals surface area contributed by atoms with Crippen molar-refractivity contribution in [2.45, 2.75) is 33.4 Å². The van der Waals surface area contributed by atoms with Crippen LogP contribution in [-0.2, 0) is 20.9 Å².